The normalized spacial score (nSPS) is 10.5. The molecule has 0 spiro atoms. The minimum Gasteiger partial charge on any atom is -0.551 e. The predicted octanol–water partition coefficient (Wildman–Crippen LogP) is -0.371. The van der Waals surface area contributed by atoms with E-state index in [9.17, 15) is 0 Å². The van der Waals surface area contributed by atoms with E-state index in [0.717, 1.165) is 26.5 Å². The molecular weight excluding hydrogens is 230 g/mol. The molecule has 90 valence electrons. The van der Waals surface area contributed by atoms with Gasteiger partial charge in [-0.05, 0) is 26.0 Å². The fourth-order valence-electron chi connectivity index (χ4n) is 1.13. The Morgan fingerprint density at radius 3 is 2.29 bits per heavy atom. The summed E-state index contributed by atoms with van der Waals surface area (Å²) < 4.78 is 16.0. The Hall–Kier alpha value is -0.0326. The average Bonchev–Trinajstić information content (AvgIpc) is 2.31. The summed E-state index contributed by atoms with van der Waals surface area (Å²) in [6.45, 7) is 6.67. The number of hydrogen-bond donors (Lipinski definition) is 0. The molecule has 0 fully saturated rings. The molecule has 1 aromatic rings. The Morgan fingerprint density at radius 1 is 1.00 bits per heavy atom. The van der Waals surface area contributed by atoms with Crippen molar-refractivity contribution in [2.75, 3.05) is 26.4 Å². The van der Waals surface area contributed by atoms with Crippen LogP contribution in [0.3, 0.4) is 0 Å². The van der Waals surface area contributed by atoms with Crippen LogP contribution in [0.5, 0.6) is 5.75 Å². The second-order valence-electron chi connectivity index (χ2n) is 3.05. The van der Waals surface area contributed by atoms with Gasteiger partial charge in [0, 0.05) is 13.2 Å². The number of hydrogen-bond acceptors (Lipinski definition) is 3. The van der Waals surface area contributed by atoms with Gasteiger partial charge in [-0.3, -0.25) is 0 Å². The van der Waals surface area contributed by atoms with Gasteiger partial charge in [-0.2, -0.15) is 5.30 Å². The van der Waals surface area contributed by atoms with Crippen molar-refractivity contribution in [1.29, 1.82) is 0 Å². The third-order valence-electron chi connectivity index (χ3n) is 1.84. The molecule has 1 aromatic carbocycles. The first-order valence-electron chi connectivity index (χ1n) is 5.50. The monoisotopic (exact) mass is 248 g/mol. The Balaban J connectivity index is 0.00000256. The molecule has 0 aliphatic carbocycles. The van der Waals surface area contributed by atoms with Gasteiger partial charge in [0.1, 0.15) is 5.75 Å². The summed E-state index contributed by atoms with van der Waals surface area (Å²) in [5.74, 6) is 0.899. The van der Waals surface area contributed by atoms with Gasteiger partial charge in [0.2, 0.25) is 0 Å². The molecule has 0 saturated carbocycles. The van der Waals surface area contributed by atoms with Crippen molar-refractivity contribution in [3.63, 3.8) is 0 Å². The van der Waals surface area contributed by atoms with Crippen LogP contribution in [0.1, 0.15) is 13.8 Å². The molecule has 5 heteroatoms. The molecule has 0 unspecified atom stereocenters. The fourth-order valence-corrected chi connectivity index (χ4v) is 1.72. The van der Waals surface area contributed by atoms with Crippen molar-refractivity contribution < 1.29 is 32.9 Å². The van der Waals surface area contributed by atoms with Gasteiger partial charge >= 0.3 is 18.9 Å². The quantitative estimate of drug-likeness (QED) is 0.357. The summed E-state index contributed by atoms with van der Waals surface area (Å²) in [4.78, 5) is 0. The van der Waals surface area contributed by atoms with Crippen LogP contribution in [0.25, 0.3) is 0 Å². The van der Waals surface area contributed by atoms with Gasteiger partial charge in [0.05, 0.1) is 13.2 Å². The minimum absolute atomic E-state index is 0. The van der Waals surface area contributed by atoms with Crippen LogP contribution in [-0.2, 0) is 9.26 Å². The molecular formula is C12H18LiO3P. The summed E-state index contributed by atoms with van der Waals surface area (Å²) in [7, 11) is 0.870. The smallest absolute Gasteiger partial charge is 0.551 e. The zero-order valence-corrected chi connectivity index (χ0v) is 11.7. The zero-order valence-electron chi connectivity index (χ0n) is 10.8. The van der Waals surface area contributed by atoms with Crippen molar-refractivity contribution in [3.8, 4) is 5.75 Å². The molecule has 0 aromatic heterocycles. The van der Waals surface area contributed by atoms with Crippen LogP contribution in [0, 0.1) is 0 Å². The van der Waals surface area contributed by atoms with Gasteiger partial charge < -0.3 is 22.8 Å². The molecule has 3 nitrogen and oxygen atoms in total. The van der Waals surface area contributed by atoms with Gasteiger partial charge in [-0.1, -0.05) is 12.1 Å². The first-order valence-corrected chi connectivity index (χ1v) is 6.31. The first-order chi connectivity index (χ1) is 7.86. The third kappa shape index (κ3) is 7.81. The van der Waals surface area contributed by atoms with Gasteiger partial charge in [0.15, 0.2) is 0 Å². The topological polar surface area (TPSA) is 27.7 Å². The summed E-state index contributed by atoms with van der Waals surface area (Å²) >= 11 is 0. The molecule has 0 bridgehead atoms. The maximum absolute atomic E-state index is 5.43. The van der Waals surface area contributed by atoms with E-state index in [1.165, 1.54) is 0 Å². The summed E-state index contributed by atoms with van der Waals surface area (Å²) in [6, 6.07) is 7.93. The van der Waals surface area contributed by atoms with E-state index in [1.807, 2.05) is 38.1 Å². The van der Waals surface area contributed by atoms with Gasteiger partial charge in [-0.25, -0.2) is 0 Å². The van der Waals surface area contributed by atoms with Crippen molar-refractivity contribution in [3.05, 3.63) is 24.3 Å². The van der Waals surface area contributed by atoms with Crippen molar-refractivity contribution >= 4 is 14.1 Å². The van der Waals surface area contributed by atoms with Crippen LogP contribution in [0.15, 0.2) is 24.3 Å². The zero-order chi connectivity index (χ0) is 11.6. The molecule has 0 heterocycles. The predicted molar refractivity (Wildman–Crippen MR) is 66.6 cm³/mol. The summed E-state index contributed by atoms with van der Waals surface area (Å²) in [5.41, 5.74) is 0. The first kappa shape index (κ1) is 17.0. The van der Waals surface area contributed by atoms with E-state index in [1.54, 1.807) is 0 Å². The Labute approximate surface area is 117 Å². The average molecular weight is 248 g/mol. The Kier molecular flexibility index (Phi) is 11.1. The SMILES string of the molecule is CCOCCO[P-]c1ccc(OCC)cc1.[Li+]. The van der Waals surface area contributed by atoms with E-state index < -0.39 is 0 Å². The standard InChI is InChI=1S/C12H18O3P.Li/c1-3-13-9-10-15-16-12-7-5-11(6-8-12)14-4-2;/h5-8H,3-4,9-10H2,1-2H3;/q-1;+1. The molecule has 1 rings (SSSR count). The second kappa shape index (κ2) is 11.1. The van der Waals surface area contributed by atoms with E-state index in [-0.39, 0.29) is 18.9 Å². The third-order valence-corrected chi connectivity index (χ3v) is 2.66. The van der Waals surface area contributed by atoms with Crippen LogP contribution in [0.4, 0.5) is 0 Å². The molecule has 0 aliphatic heterocycles. The van der Waals surface area contributed by atoms with Crippen LogP contribution < -0.4 is 28.9 Å². The Morgan fingerprint density at radius 2 is 1.71 bits per heavy atom. The molecule has 0 radical (unpaired) electrons. The minimum atomic E-state index is 0. The molecule has 0 atom stereocenters. The molecule has 17 heavy (non-hydrogen) atoms. The van der Waals surface area contributed by atoms with E-state index in [2.05, 4.69) is 0 Å². The van der Waals surface area contributed by atoms with E-state index in [4.69, 9.17) is 14.0 Å². The molecule has 0 aliphatic rings. The Bertz CT molecular complexity index is 280. The number of benzene rings is 1. The summed E-state index contributed by atoms with van der Waals surface area (Å²) in [6.07, 6.45) is 0. The largest absolute Gasteiger partial charge is 1.00 e. The van der Waals surface area contributed by atoms with Crippen molar-refractivity contribution in [2.24, 2.45) is 0 Å². The van der Waals surface area contributed by atoms with Crippen LogP contribution in [0.2, 0.25) is 0 Å². The van der Waals surface area contributed by atoms with Gasteiger partial charge in [-0.15, -0.1) is 0 Å². The van der Waals surface area contributed by atoms with Gasteiger partial charge in [0.25, 0.3) is 0 Å². The number of ether oxygens (including phenoxy) is 2. The number of rotatable bonds is 8. The maximum Gasteiger partial charge on any atom is 1.00 e. The van der Waals surface area contributed by atoms with E-state index in [0.29, 0.717) is 19.8 Å². The molecule has 0 saturated heterocycles. The fraction of sp³-hybridized carbons (Fsp3) is 0.500. The van der Waals surface area contributed by atoms with Crippen molar-refractivity contribution in [1.82, 2.24) is 0 Å². The molecule has 0 N–H and O–H groups in total. The molecule has 0 amide bonds. The summed E-state index contributed by atoms with van der Waals surface area (Å²) in [5, 5.41) is 1.12. The van der Waals surface area contributed by atoms with Crippen LogP contribution in [-0.4, -0.2) is 26.4 Å². The van der Waals surface area contributed by atoms with Crippen LogP contribution >= 0.6 is 8.81 Å². The van der Waals surface area contributed by atoms with E-state index >= 15 is 0 Å². The van der Waals surface area contributed by atoms with Crippen molar-refractivity contribution in [2.45, 2.75) is 13.8 Å². The second-order valence-corrected chi connectivity index (χ2v) is 4.01. The maximum atomic E-state index is 5.43.